The number of anilines is 1. The third kappa shape index (κ3) is 4.75. The standard InChI is InChI=1S/C20H18Cl2N4O3/c1-11-4-3-5-16(12(11)2)25-17(27)8-23-18(28)9-26-10-24-19-14(20(26)29)6-13(21)7-15(19)22/h3-7,10H,8-9H2,1-2H3,(H,23,28)(H,25,27). The van der Waals surface area contributed by atoms with Gasteiger partial charge in [0.05, 0.1) is 28.8 Å². The van der Waals surface area contributed by atoms with Gasteiger partial charge in [-0.2, -0.15) is 0 Å². The zero-order chi connectivity index (χ0) is 21.1. The zero-order valence-corrected chi connectivity index (χ0v) is 17.3. The van der Waals surface area contributed by atoms with E-state index in [9.17, 15) is 14.4 Å². The SMILES string of the molecule is Cc1cccc(NC(=O)CNC(=O)Cn2cnc3c(Cl)cc(Cl)cc3c2=O)c1C. The Morgan fingerprint density at radius 1 is 1.14 bits per heavy atom. The fourth-order valence-electron chi connectivity index (χ4n) is 2.78. The molecule has 0 atom stereocenters. The summed E-state index contributed by atoms with van der Waals surface area (Å²) in [4.78, 5) is 41.0. The fraction of sp³-hybridized carbons (Fsp3) is 0.200. The van der Waals surface area contributed by atoms with Crippen LogP contribution in [0.25, 0.3) is 10.9 Å². The molecule has 0 spiro atoms. The van der Waals surface area contributed by atoms with Gasteiger partial charge in [-0.1, -0.05) is 35.3 Å². The molecule has 1 aromatic heterocycles. The lowest BCUT2D eigenvalue weighted by Crippen LogP contribution is -2.37. The van der Waals surface area contributed by atoms with Crippen LogP contribution < -0.4 is 16.2 Å². The van der Waals surface area contributed by atoms with Crippen LogP contribution >= 0.6 is 23.2 Å². The lowest BCUT2D eigenvalue weighted by atomic mass is 10.1. The first kappa shape index (κ1) is 20.8. The van der Waals surface area contributed by atoms with Crippen molar-refractivity contribution in [3.8, 4) is 0 Å². The third-order valence-electron chi connectivity index (χ3n) is 4.48. The van der Waals surface area contributed by atoms with Crippen LogP contribution in [0.1, 0.15) is 11.1 Å². The second kappa shape index (κ2) is 8.63. The quantitative estimate of drug-likeness (QED) is 0.647. The minimum atomic E-state index is -0.502. The van der Waals surface area contributed by atoms with Crippen LogP contribution in [-0.4, -0.2) is 27.9 Å². The second-order valence-electron chi connectivity index (χ2n) is 6.53. The van der Waals surface area contributed by atoms with Crippen molar-refractivity contribution < 1.29 is 9.59 Å². The molecule has 9 heteroatoms. The molecule has 3 rings (SSSR count). The van der Waals surface area contributed by atoms with Gasteiger partial charge in [0.1, 0.15) is 6.54 Å². The van der Waals surface area contributed by atoms with Gasteiger partial charge in [0.2, 0.25) is 11.8 Å². The number of carbonyl (C=O) groups excluding carboxylic acids is 2. The van der Waals surface area contributed by atoms with Gasteiger partial charge < -0.3 is 10.6 Å². The zero-order valence-electron chi connectivity index (χ0n) is 15.8. The first-order chi connectivity index (χ1) is 13.8. The molecule has 0 saturated carbocycles. The Bertz CT molecular complexity index is 1170. The Morgan fingerprint density at radius 2 is 1.90 bits per heavy atom. The molecular formula is C20H18Cl2N4O3. The minimum Gasteiger partial charge on any atom is -0.345 e. The van der Waals surface area contributed by atoms with Gasteiger partial charge in [-0.25, -0.2) is 4.98 Å². The Hall–Kier alpha value is -2.90. The van der Waals surface area contributed by atoms with E-state index in [-0.39, 0.29) is 29.4 Å². The average Bonchev–Trinajstić information content (AvgIpc) is 2.66. The smallest absolute Gasteiger partial charge is 0.261 e. The van der Waals surface area contributed by atoms with Gasteiger partial charge in [0, 0.05) is 10.7 Å². The number of benzene rings is 2. The van der Waals surface area contributed by atoms with Crippen molar-refractivity contribution in [3.63, 3.8) is 0 Å². The number of nitrogens with zero attached hydrogens (tertiary/aromatic N) is 2. The Balaban J connectivity index is 1.65. The van der Waals surface area contributed by atoms with E-state index in [1.807, 2.05) is 26.0 Å². The number of aryl methyl sites for hydroxylation is 1. The molecular weight excluding hydrogens is 415 g/mol. The van der Waals surface area contributed by atoms with Crippen molar-refractivity contribution >= 4 is 51.6 Å². The van der Waals surface area contributed by atoms with Crippen LogP contribution in [0.15, 0.2) is 41.5 Å². The highest BCUT2D eigenvalue weighted by molar-refractivity contribution is 6.38. The molecule has 0 radical (unpaired) electrons. The van der Waals surface area contributed by atoms with Gasteiger partial charge in [-0.05, 0) is 43.2 Å². The van der Waals surface area contributed by atoms with Gasteiger partial charge in [-0.15, -0.1) is 0 Å². The molecule has 2 amide bonds. The molecule has 0 saturated heterocycles. The third-order valence-corrected chi connectivity index (χ3v) is 4.99. The Labute approximate surface area is 176 Å². The normalized spacial score (nSPS) is 10.8. The molecule has 0 fully saturated rings. The van der Waals surface area contributed by atoms with E-state index in [1.165, 1.54) is 18.5 Å². The molecule has 2 aromatic carbocycles. The van der Waals surface area contributed by atoms with Gasteiger partial charge in [0.15, 0.2) is 0 Å². The van der Waals surface area contributed by atoms with E-state index in [1.54, 1.807) is 6.07 Å². The lowest BCUT2D eigenvalue weighted by Gasteiger charge is -2.11. The number of hydrogen-bond acceptors (Lipinski definition) is 4. The monoisotopic (exact) mass is 432 g/mol. The summed E-state index contributed by atoms with van der Waals surface area (Å²) < 4.78 is 1.13. The Kier molecular flexibility index (Phi) is 6.20. The summed E-state index contributed by atoms with van der Waals surface area (Å²) in [6, 6.07) is 8.52. The lowest BCUT2D eigenvalue weighted by molar-refractivity contribution is -0.124. The van der Waals surface area contributed by atoms with Crippen molar-refractivity contribution in [2.24, 2.45) is 0 Å². The number of amides is 2. The summed E-state index contributed by atoms with van der Waals surface area (Å²) in [6.45, 7) is 3.34. The van der Waals surface area contributed by atoms with Crippen molar-refractivity contribution in [2.75, 3.05) is 11.9 Å². The van der Waals surface area contributed by atoms with E-state index in [0.29, 0.717) is 16.2 Å². The molecule has 2 N–H and O–H groups in total. The van der Waals surface area contributed by atoms with Crippen LogP contribution in [0.3, 0.4) is 0 Å². The molecule has 0 aliphatic carbocycles. The van der Waals surface area contributed by atoms with Crippen molar-refractivity contribution in [1.29, 1.82) is 0 Å². The molecule has 1 heterocycles. The van der Waals surface area contributed by atoms with E-state index < -0.39 is 11.5 Å². The first-order valence-electron chi connectivity index (χ1n) is 8.73. The fourth-order valence-corrected chi connectivity index (χ4v) is 3.32. The highest BCUT2D eigenvalue weighted by Crippen LogP contribution is 2.24. The summed E-state index contributed by atoms with van der Waals surface area (Å²) in [5.41, 5.74) is 2.56. The summed E-state index contributed by atoms with van der Waals surface area (Å²) in [7, 11) is 0. The molecule has 7 nitrogen and oxygen atoms in total. The number of aromatic nitrogens is 2. The van der Waals surface area contributed by atoms with Crippen LogP contribution in [0, 0.1) is 13.8 Å². The summed E-state index contributed by atoms with van der Waals surface area (Å²) >= 11 is 12.0. The number of hydrogen-bond donors (Lipinski definition) is 2. The van der Waals surface area contributed by atoms with Gasteiger partial charge in [-0.3, -0.25) is 19.0 Å². The number of halogens is 2. The maximum absolute atomic E-state index is 12.6. The van der Waals surface area contributed by atoms with E-state index in [4.69, 9.17) is 23.2 Å². The van der Waals surface area contributed by atoms with Crippen molar-refractivity contribution in [1.82, 2.24) is 14.9 Å². The van der Waals surface area contributed by atoms with Crippen molar-refractivity contribution in [3.05, 3.63) is 68.2 Å². The molecule has 0 aliphatic rings. The highest BCUT2D eigenvalue weighted by Gasteiger charge is 2.12. The molecule has 0 unspecified atom stereocenters. The van der Waals surface area contributed by atoms with Gasteiger partial charge in [0.25, 0.3) is 5.56 Å². The second-order valence-corrected chi connectivity index (χ2v) is 7.38. The van der Waals surface area contributed by atoms with Crippen LogP contribution in [0.4, 0.5) is 5.69 Å². The predicted octanol–water partition coefficient (Wildman–Crippen LogP) is 3.08. The number of rotatable bonds is 5. The van der Waals surface area contributed by atoms with E-state index >= 15 is 0 Å². The summed E-state index contributed by atoms with van der Waals surface area (Å²) in [5.74, 6) is -0.868. The molecule has 0 bridgehead atoms. The van der Waals surface area contributed by atoms with Crippen LogP contribution in [0.2, 0.25) is 10.0 Å². The summed E-state index contributed by atoms with van der Waals surface area (Å²) in [6.07, 6.45) is 1.24. The number of nitrogens with one attached hydrogen (secondary N) is 2. The maximum Gasteiger partial charge on any atom is 0.261 e. The number of fused-ring (bicyclic) bond motifs is 1. The van der Waals surface area contributed by atoms with E-state index in [2.05, 4.69) is 15.6 Å². The molecule has 150 valence electrons. The van der Waals surface area contributed by atoms with Crippen LogP contribution in [-0.2, 0) is 16.1 Å². The predicted molar refractivity (Wildman–Crippen MR) is 114 cm³/mol. The Morgan fingerprint density at radius 3 is 2.66 bits per heavy atom. The largest absolute Gasteiger partial charge is 0.345 e. The first-order valence-corrected chi connectivity index (χ1v) is 9.49. The van der Waals surface area contributed by atoms with Gasteiger partial charge >= 0.3 is 0 Å². The minimum absolute atomic E-state index is 0.213. The number of carbonyl (C=O) groups is 2. The van der Waals surface area contributed by atoms with Crippen molar-refractivity contribution in [2.45, 2.75) is 20.4 Å². The average molecular weight is 433 g/mol. The highest BCUT2D eigenvalue weighted by atomic mass is 35.5. The molecule has 3 aromatic rings. The topological polar surface area (TPSA) is 93.1 Å². The molecule has 29 heavy (non-hydrogen) atoms. The molecule has 0 aliphatic heterocycles. The maximum atomic E-state index is 12.6. The van der Waals surface area contributed by atoms with Crippen LogP contribution in [0.5, 0.6) is 0 Å². The van der Waals surface area contributed by atoms with E-state index in [0.717, 1.165) is 15.7 Å². The summed E-state index contributed by atoms with van der Waals surface area (Å²) in [5, 5.41) is 6.01.